The quantitative estimate of drug-likeness (QED) is 0.676. The van der Waals surface area contributed by atoms with Crippen LogP contribution in [0.25, 0.3) is 0 Å². The zero-order chi connectivity index (χ0) is 12.3. The third kappa shape index (κ3) is 1.81. The second kappa shape index (κ2) is 3.50. The lowest BCUT2D eigenvalue weighted by Crippen LogP contribution is -2.32. The van der Waals surface area contributed by atoms with Crippen molar-refractivity contribution in [3.63, 3.8) is 0 Å². The van der Waals surface area contributed by atoms with Gasteiger partial charge in [-0.2, -0.15) is 13.2 Å². The zero-order valence-corrected chi connectivity index (χ0v) is 10.0. The molecule has 3 aliphatic rings. The Hall–Kier alpha value is -0.510. The number of fused-ring (bicyclic) bond motifs is 5. The fourth-order valence-electron chi connectivity index (χ4n) is 4.14. The summed E-state index contributed by atoms with van der Waals surface area (Å²) in [5.74, 6) is 1.82. The Morgan fingerprint density at radius 2 is 2.12 bits per heavy atom. The summed E-state index contributed by atoms with van der Waals surface area (Å²) in [7, 11) is 0. The summed E-state index contributed by atoms with van der Waals surface area (Å²) >= 11 is 0. The van der Waals surface area contributed by atoms with E-state index in [2.05, 4.69) is 19.1 Å². The standard InChI is InChI=1S/C13H18F3N/c1-12-8-17(5-4-13(14,15)16)7-11(12)9-2-3-10(12)6-9/h2-3,9-11H,4-8H2,1H3/t9-,10+,11-,12+/m0/s1. The molecule has 0 amide bonds. The van der Waals surface area contributed by atoms with Crippen LogP contribution in [0.1, 0.15) is 19.8 Å². The first-order chi connectivity index (χ1) is 7.88. The maximum absolute atomic E-state index is 12.2. The van der Waals surface area contributed by atoms with Crippen molar-refractivity contribution in [3.8, 4) is 0 Å². The van der Waals surface area contributed by atoms with Crippen molar-refractivity contribution in [2.24, 2.45) is 23.2 Å². The third-order valence-corrected chi connectivity index (χ3v) is 5.06. The van der Waals surface area contributed by atoms with Crippen LogP contribution in [0.3, 0.4) is 0 Å². The van der Waals surface area contributed by atoms with Crippen molar-refractivity contribution in [3.05, 3.63) is 12.2 Å². The van der Waals surface area contributed by atoms with Crippen molar-refractivity contribution in [2.45, 2.75) is 25.9 Å². The number of hydrogen-bond donors (Lipinski definition) is 0. The lowest BCUT2D eigenvalue weighted by Gasteiger charge is -2.32. The number of likely N-dealkylation sites (tertiary alicyclic amines) is 1. The molecule has 4 atom stereocenters. The van der Waals surface area contributed by atoms with Gasteiger partial charge in [-0.25, -0.2) is 0 Å². The van der Waals surface area contributed by atoms with Crippen LogP contribution in [-0.4, -0.2) is 30.7 Å². The SMILES string of the molecule is C[C@]12CN(CCC(F)(F)F)C[C@H]1[C@H]1C=C[C@@H]2C1. The number of hydrogen-bond acceptors (Lipinski definition) is 1. The van der Waals surface area contributed by atoms with Crippen LogP contribution < -0.4 is 0 Å². The van der Waals surface area contributed by atoms with Gasteiger partial charge >= 0.3 is 6.18 Å². The predicted molar refractivity (Wildman–Crippen MR) is 59.4 cm³/mol. The fraction of sp³-hybridized carbons (Fsp3) is 0.846. The van der Waals surface area contributed by atoms with Crippen molar-refractivity contribution in [2.75, 3.05) is 19.6 Å². The van der Waals surface area contributed by atoms with Crippen LogP contribution in [0.15, 0.2) is 12.2 Å². The maximum atomic E-state index is 12.2. The van der Waals surface area contributed by atoms with E-state index in [4.69, 9.17) is 0 Å². The van der Waals surface area contributed by atoms with E-state index < -0.39 is 12.6 Å². The smallest absolute Gasteiger partial charge is 0.302 e. The van der Waals surface area contributed by atoms with Crippen LogP contribution in [0.4, 0.5) is 13.2 Å². The fourth-order valence-corrected chi connectivity index (χ4v) is 4.14. The van der Waals surface area contributed by atoms with Gasteiger partial charge in [-0.05, 0) is 29.6 Å². The summed E-state index contributed by atoms with van der Waals surface area (Å²) in [6.45, 7) is 4.14. The van der Waals surface area contributed by atoms with Crippen LogP contribution in [-0.2, 0) is 0 Å². The second-order valence-corrected chi connectivity index (χ2v) is 6.10. The molecule has 2 bridgehead atoms. The Bertz CT molecular complexity index is 349. The molecule has 2 aliphatic carbocycles. The molecule has 17 heavy (non-hydrogen) atoms. The van der Waals surface area contributed by atoms with E-state index in [-0.39, 0.29) is 12.0 Å². The van der Waals surface area contributed by atoms with Gasteiger partial charge in [0.2, 0.25) is 0 Å². The van der Waals surface area contributed by atoms with Crippen molar-refractivity contribution in [1.29, 1.82) is 0 Å². The molecule has 0 aromatic carbocycles. The Labute approximate surface area is 99.7 Å². The van der Waals surface area contributed by atoms with Gasteiger partial charge in [0.25, 0.3) is 0 Å². The Morgan fingerprint density at radius 1 is 1.35 bits per heavy atom. The lowest BCUT2D eigenvalue weighted by molar-refractivity contribution is -0.137. The summed E-state index contributed by atoms with van der Waals surface area (Å²) in [4.78, 5) is 2.02. The number of allylic oxidation sites excluding steroid dienone is 2. The largest absolute Gasteiger partial charge is 0.390 e. The highest BCUT2D eigenvalue weighted by atomic mass is 19.4. The molecule has 1 heterocycles. The second-order valence-electron chi connectivity index (χ2n) is 6.10. The van der Waals surface area contributed by atoms with E-state index in [0.29, 0.717) is 17.8 Å². The summed E-state index contributed by atoms with van der Waals surface area (Å²) in [6.07, 6.45) is 1.11. The molecule has 4 heteroatoms. The first-order valence-electron chi connectivity index (χ1n) is 6.36. The van der Waals surface area contributed by atoms with Gasteiger partial charge in [-0.3, -0.25) is 0 Å². The first kappa shape index (κ1) is 11.6. The molecule has 0 aromatic heterocycles. The van der Waals surface area contributed by atoms with Crippen LogP contribution in [0.5, 0.6) is 0 Å². The van der Waals surface area contributed by atoms with Gasteiger partial charge in [-0.15, -0.1) is 0 Å². The Morgan fingerprint density at radius 3 is 2.76 bits per heavy atom. The molecule has 2 fully saturated rings. The molecule has 0 radical (unpaired) electrons. The molecule has 1 saturated heterocycles. The molecule has 0 unspecified atom stereocenters. The van der Waals surface area contributed by atoms with Gasteiger partial charge in [-0.1, -0.05) is 19.1 Å². The number of nitrogens with zero attached hydrogens (tertiary/aromatic N) is 1. The first-order valence-corrected chi connectivity index (χ1v) is 6.36. The summed E-state index contributed by atoms with van der Waals surface area (Å²) in [5, 5.41) is 0. The summed E-state index contributed by atoms with van der Waals surface area (Å²) in [5.41, 5.74) is 0.241. The molecule has 1 nitrogen and oxygen atoms in total. The predicted octanol–water partition coefficient (Wildman–Crippen LogP) is 3.08. The van der Waals surface area contributed by atoms with Gasteiger partial charge in [0.05, 0.1) is 6.42 Å². The van der Waals surface area contributed by atoms with E-state index in [1.165, 1.54) is 6.42 Å². The molecular weight excluding hydrogens is 227 g/mol. The molecule has 1 saturated carbocycles. The third-order valence-electron chi connectivity index (χ3n) is 5.06. The normalized spacial score (nSPS) is 44.6. The summed E-state index contributed by atoms with van der Waals surface area (Å²) in [6, 6.07) is 0. The Balaban J connectivity index is 1.64. The highest BCUT2D eigenvalue weighted by molar-refractivity contribution is 5.21. The number of alkyl halides is 3. The molecule has 0 aromatic rings. The van der Waals surface area contributed by atoms with E-state index in [1.807, 2.05) is 4.90 Å². The van der Waals surface area contributed by atoms with Gasteiger partial charge in [0.1, 0.15) is 0 Å². The van der Waals surface area contributed by atoms with Crippen LogP contribution in [0, 0.1) is 23.2 Å². The molecule has 0 N–H and O–H groups in total. The highest BCUT2D eigenvalue weighted by Crippen LogP contribution is 2.59. The minimum absolute atomic E-state index is 0.176. The van der Waals surface area contributed by atoms with Gasteiger partial charge in [0.15, 0.2) is 0 Å². The number of halogens is 3. The van der Waals surface area contributed by atoms with Crippen LogP contribution in [0.2, 0.25) is 0 Å². The monoisotopic (exact) mass is 245 g/mol. The Kier molecular flexibility index (Phi) is 2.38. The zero-order valence-electron chi connectivity index (χ0n) is 10.0. The highest BCUT2D eigenvalue weighted by Gasteiger charge is 2.57. The molecule has 1 aliphatic heterocycles. The van der Waals surface area contributed by atoms with Gasteiger partial charge < -0.3 is 4.90 Å². The minimum atomic E-state index is -4.02. The average molecular weight is 245 g/mol. The van der Waals surface area contributed by atoms with Gasteiger partial charge in [0, 0.05) is 19.6 Å². The molecule has 0 spiro atoms. The molecular formula is C13H18F3N. The maximum Gasteiger partial charge on any atom is 0.390 e. The van der Waals surface area contributed by atoms with Crippen molar-refractivity contribution >= 4 is 0 Å². The van der Waals surface area contributed by atoms with Crippen LogP contribution >= 0.6 is 0 Å². The molecule has 96 valence electrons. The van der Waals surface area contributed by atoms with Crippen molar-refractivity contribution in [1.82, 2.24) is 4.90 Å². The number of rotatable bonds is 2. The van der Waals surface area contributed by atoms with Crippen molar-refractivity contribution < 1.29 is 13.2 Å². The lowest BCUT2D eigenvalue weighted by atomic mass is 9.72. The van der Waals surface area contributed by atoms with E-state index in [0.717, 1.165) is 13.1 Å². The molecule has 3 rings (SSSR count). The topological polar surface area (TPSA) is 3.24 Å². The minimum Gasteiger partial charge on any atom is -0.302 e. The summed E-state index contributed by atoms with van der Waals surface area (Å²) < 4.78 is 36.7. The van der Waals surface area contributed by atoms with E-state index >= 15 is 0 Å². The van der Waals surface area contributed by atoms with E-state index in [1.54, 1.807) is 0 Å². The average Bonchev–Trinajstić information content (AvgIpc) is 2.82. The van der Waals surface area contributed by atoms with E-state index in [9.17, 15) is 13.2 Å².